The minimum Gasteiger partial charge on any atom is -0.254 e. The van der Waals surface area contributed by atoms with Crippen LogP contribution in [0.4, 0.5) is 0 Å². The zero-order valence-corrected chi connectivity index (χ0v) is 16.9. The Morgan fingerprint density at radius 1 is 0.621 bits per heavy atom. The molecule has 3 heterocycles. The molecule has 0 aliphatic rings. The van der Waals surface area contributed by atoms with E-state index in [-0.39, 0.29) is 0 Å². The number of halogens is 1. The average molecular weight is 436 g/mol. The summed E-state index contributed by atoms with van der Waals surface area (Å²) >= 11 is 3.60. The van der Waals surface area contributed by atoms with Gasteiger partial charge in [-0.05, 0) is 24.3 Å². The van der Waals surface area contributed by atoms with Crippen LogP contribution >= 0.6 is 15.9 Å². The van der Waals surface area contributed by atoms with E-state index in [1.807, 2.05) is 30.6 Å². The summed E-state index contributed by atoms with van der Waals surface area (Å²) in [7, 11) is 0. The predicted octanol–water partition coefficient (Wildman–Crippen LogP) is 6.91. The van der Waals surface area contributed by atoms with Crippen LogP contribution < -0.4 is 0 Å². The Labute approximate surface area is 175 Å². The molecule has 0 bridgehead atoms. The predicted molar refractivity (Wildman–Crippen MR) is 123 cm³/mol. The van der Waals surface area contributed by atoms with Gasteiger partial charge in [-0.25, -0.2) is 4.98 Å². The lowest BCUT2D eigenvalue weighted by molar-refractivity contribution is 1.38. The van der Waals surface area contributed by atoms with Crippen molar-refractivity contribution < 1.29 is 0 Å². The van der Waals surface area contributed by atoms with Crippen LogP contribution in [-0.4, -0.2) is 15.0 Å². The fraction of sp³-hybridized carbons (Fsp3) is 0. The summed E-state index contributed by atoms with van der Waals surface area (Å²) in [5.41, 5.74) is 4.85. The molecular weight excluding hydrogens is 422 g/mol. The number of fused-ring (bicyclic) bond motifs is 8. The first-order valence-corrected chi connectivity index (χ1v) is 10.2. The number of hydrogen-bond donors (Lipinski definition) is 0. The molecule has 0 unspecified atom stereocenters. The highest BCUT2D eigenvalue weighted by molar-refractivity contribution is 9.10. The topological polar surface area (TPSA) is 38.7 Å². The largest absolute Gasteiger partial charge is 0.254 e. The van der Waals surface area contributed by atoms with Crippen LogP contribution in [0.5, 0.6) is 0 Å². The molecule has 3 nitrogen and oxygen atoms in total. The molecule has 29 heavy (non-hydrogen) atoms. The van der Waals surface area contributed by atoms with Crippen LogP contribution in [0, 0.1) is 0 Å². The second-order valence-electron chi connectivity index (χ2n) is 7.04. The monoisotopic (exact) mass is 435 g/mol. The minimum absolute atomic E-state index is 0.908. The summed E-state index contributed by atoms with van der Waals surface area (Å²) < 4.78 is 1.01. The van der Waals surface area contributed by atoms with Gasteiger partial charge in [-0.15, -0.1) is 0 Å². The van der Waals surface area contributed by atoms with E-state index in [0.29, 0.717) is 0 Å². The minimum atomic E-state index is 0.908. The van der Waals surface area contributed by atoms with Crippen molar-refractivity contribution in [2.45, 2.75) is 0 Å². The fourth-order valence-electron chi connectivity index (χ4n) is 4.18. The van der Waals surface area contributed by atoms with Crippen LogP contribution in [-0.2, 0) is 0 Å². The molecule has 6 aromatic rings. The zero-order chi connectivity index (χ0) is 19.4. The molecule has 0 radical (unpaired) electrons. The van der Waals surface area contributed by atoms with Crippen molar-refractivity contribution >= 4 is 59.4 Å². The maximum atomic E-state index is 5.11. The number of benzene rings is 3. The summed E-state index contributed by atoms with van der Waals surface area (Å²) in [6.07, 6.45) is 3.66. The fourth-order valence-corrected chi connectivity index (χ4v) is 4.53. The van der Waals surface area contributed by atoms with Crippen molar-refractivity contribution in [1.82, 2.24) is 15.0 Å². The second kappa shape index (κ2) is 6.33. The van der Waals surface area contributed by atoms with Crippen molar-refractivity contribution in [2.75, 3.05) is 0 Å². The van der Waals surface area contributed by atoms with E-state index in [2.05, 4.69) is 70.5 Å². The van der Waals surface area contributed by atoms with Gasteiger partial charge in [-0.2, -0.15) is 0 Å². The normalized spacial score (nSPS) is 11.6. The van der Waals surface area contributed by atoms with Crippen molar-refractivity contribution in [3.05, 3.63) is 89.7 Å². The first-order chi connectivity index (χ1) is 14.3. The summed E-state index contributed by atoms with van der Waals surface area (Å²) in [6, 6.07) is 24.9. The Hall–Kier alpha value is -3.37. The lowest BCUT2D eigenvalue weighted by Crippen LogP contribution is -1.94. The van der Waals surface area contributed by atoms with E-state index in [4.69, 9.17) is 15.0 Å². The second-order valence-corrected chi connectivity index (χ2v) is 7.95. The molecule has 0 aliphatic heterocycles. The summed E-state index contributed by atoms with van der Waals surface area (Å²) in [6.45, 7) is 0. The first kappa shape index (κ1) is 16.6. The number of pyridine rings is 3. The molecule has 0 saturated carbocycles. The van der Waals surface area contributed by atoms with Crippen molar-refractivity contribution in [3.8, 4) is 11.3 Å². The molecule has 3 aromatic carbocycles. The highest BCUT2D eigenvalue weighted by Crippen LogP contribution is 2.41. The van der Waals surface area contributed by atoms with E-state index in [0.717, 1.165) is 53.8 Å². The lowest BCUT2D eigenvalue weighted by atomic mass is 9.93. The number of hydrogen-bond acceptors (Lipinski definition) is 3. The molecule has 0 atom stereocenters. The Morgan fingerprint density at radius 2 is 1.31 bits per heavy atom. The Balaban J connectivity index is 2.00. The SMILES string of the molecule is Brc1ccc2c(c1)nc(-c1ccccc1)c1c3cccnc3c3ncccc3c21. The van der Waals surface area contributed by atoms with E-state index >= 15 is 0 Å². The van der Waals surface area contributed by atoms with E-state index < -0.39 is 0 Å². The third-order valence-corrected chi connectivity index (χ3v) is 5.87. The summed E-state index contributed by atoms with van der Waals surface area (Å²) in [4.78, 5) is 14.5. The van der Waals surface area contributed by atoms with Gasteiger partial charge in [0.15, 0.2) is 0 Å². The first-order valence-electron chi connectivity index (χ1n) is 9.41. The standard InChI is InChI=1S/C25H14BrN3/c26-16-10-11-17-20(14-16)29-23(15-6-2-1-3-7-15)22-19-9-5-13-28-25(19)24-18(21(17)22)8-4-12-27-24/h1-14H. The van der Waals surface area contributed by atoms with Gasteiger partial charge in [0, 0.05) is 49.4 Å². The van der Waals surface area contributed by atoms with Crippen LogP contribution in [0.25, 0.3) is 54.7 Å². The number of nitrogens with zero attached hydrogens (tertiary/aromatic N) is 3. The van der Waals surface area contributed by atoms with Gasteiger partial charge in [0.1, 0.15) is 0 Å². The highest BCUT2D eigenvalue weighted by atomic mass is 79.9. The van der Waals surface area contributed by atoms with Gasteiger partial charge in [-0.1, -0.05) is 64.5 Å². The molecular formula is C25H14BrN3. The van der Waals surface area contributed by atoms with Crippen molar-refractivity contribution in [2.24, 2.45) is 0 Å². The van der Waals surface area contributed by atoms with Crippen LogP contribution in [0.1, 0.15) is 0 Å². The molecule has 4 heteroatoms. The summed E-state index contributed by atoms with van der Waals surface area (Å²) in [5, 5.41) is 5.58. The number of aromatic nitrogens is 3. The van der Waals surface area contributed by atoms with Gasteiger partial charge < -0.3 is 0 Å². The van der Waals surface area contributed by atoms with E-state index in [9.17, 15) is 0 Å². The molecule has 0 spiro atoms. The van der Waals surface area contributed by atoms with Crippen molar-refractivity contribution in [3.63, 3.8) is 0 Å². The van der Waals surface area contributed by atoms with E-state index in [1.54, 1.807) is 0 Å². The maximum Gasteiger partial charge on any atom is 0.0971 e. The Morgan fingerprint density at radius 3 is 2.03 bits per heavy atom. The van der Waals surface area contributed by atoms with Gasteiger partial charge >= 0.3 is 0 Å². The van der Waals surface area contributed by atoms with Gasteiger partial charge in [0.05, 0.1) is 22.2 Å². The highest BCUT2D eigenvalue weighted by Gasteiger charge is 2.18. The van der Waals surface area contributed by atoms with Crippen LogP contribution in [0.3, 0.4) is 0 Å². The lowest BCUT2D eigenvalue weighted by Gasteiger charge is -2.15. The molecule has 136 valence electrons. The van der Waals surface area contributed by atoms with Crippen LogP contribution in [0.15, 0.2) is 89.7 Å². The third kappa shape index (κ3) is 2.46. The smallest absolute Gasteiger partial charge is 0.0971 e. The molecule has 0 aliphatic carbocycles. The molecule has 0 N–H and O–H groups in total. The van der Waals surface area contributed by atoms with Crippen LogP contribution in [0.2, 0.25) is 0 Å². The van der Waals surface area contributed by atoms with Gasteiger partial charge in [0.25, 0.3) is 0 Å². The Bertz CT molecular complexity index is 1560. The molecule has 6 rings (SSSR count). The van der Waals surface area contributed by atoms with Gasteiger partial charge in [0.2, 0.25) is 0 Å². The third-order valence-electron chi connectivity index (χ3n) is 5.37. The maximum absolute atomic E-state index is 5.11. The molecule has 0 fully saturated rings. The van der Waals surface area contributed by atoms with E-state index in [1.165, 1.54) is 5.39 Å². The molecule has 0 saturated heterocycles. The zero-order valence-electron chi connectivity index (χ0n) is 15.3. The van der Waals surface area contributed by atoms with Gasteiger partial charge in [-0.3, -0.25) is 9.97 Å². The Kier molecular flexibility index (Phi) is 3.61. The quantitative estimate of drug-likeness (QED) is 0.263. The molecule has 0 amide bonds. The number of rotatable bonds is 1. The molecule has 3 aromatic heterocycles. The average Bonchev–Trinajstić information content (AvgIpc) is 2.78. The van der Waals surface area contributed by atoms with Crippen molar-refractivity contribution in [1.29, 1.82) is 0 Å². The summed E-state index contributed by atoms with van der Waals surface area (Å²) in [5.74, 6) is 0.